The Morgan fingerprint density at radius 3 is 2.38 bits per heavy atom. The van der Waals surface area contributed by atoms with Crippen LogP contribution in [0.3, 0.4) is 0 Å². The van der Waals surface area contributed by atoms with Crippen molar-refractivity contribution >= 4 is 14.3 Å². The van der Waals surface area contributed by atoms with Gasteiger partial charge in [-0.1, -0.05) is 6.08 Å². The first-order valence-corrected chi connectivity index (χ1v) is 7.80. The van der Waals surface area contributed by atoms with Crippen LogP contribution < -0.4 is 0 Å². The van der Waals surface area contributed by atoms with Crippen LogP contribution in [0.25, 0.3) is 0 Å². The Bertz CT molecular complexity index is 182. The lowest BCUT2D eigenvalue weighted by atomic mass is 10.5. The fourth-order valence-electron chi connectivity index (χ4n) is 0.674. The summed E-state index contributed by atoms with van der Waals surface area (Å²) in [7, 11) is -1.46. The average molecular weight is 202 g/mol. The molecule has 3 nitrogen and oxygen atoms in total. The maximum atomic E-state index is 10.8. The van der Waals surface area contributed by atoms with Crippen LogP contribution in [-0.4, -0.2) is 27.5 Å². The van der Waals surface area contributed by atoms with Crippen LogP contribution in [-0.2, 0) is 14.0 Å². The third-order valence-corrected chi connectivity index (χ3v) is 2.24. The zero-order valence-electron chi connectivity index (χ0n) is 8.79. The average Bonchev–Trinajstić information content (AvgIpc) is 1.97. The lowest BCUT2D eigenvalue weighted by molar-refractivity contribution is -0.138. The molecule has 0 fully saturated rings. The van der Waals surface area contributed by atoms with Gasteiger partial charge >= 0.3 is 5.97 Å². The summed E-state index contributed by atoms with van der Waals surface area (Å²) in [6.07, 6.45) is 3.05. The largest absolute Gasteiger partial charge is 0.460 e. The Hall–Kier alpha value is -0.613. The monoisotopic (exact) mass is 202 g/mol. The van der Waals surface area contributed by atoms with E-state index in [4.69, 9.17) is 9.16 Å². The second kappa shape index (κ2) is 5.94. The number of hydrogen-bond donors (Lipinski definition) is 0. The van der Waals surface area contributed by atoms with E-state index in [0.717, 1.165) is 0 Å². The maximum Gasteiger partial charge on any atom is 0.330 e. The molecule has 0 aromatic carbocycles. The van der Waals surface area contributed by atoms with Crippen molar-refractivity contribution in [1.29, 1.82) is 0 Å². The first-order chi connectivity index (χ1) is 5.95. The number of esters is 1. The standard InChI is InChI=1S/C9H18O3Si/c1-5-6-9(10)11-7-8-12-13(2,3)4/h5-6H,7-8H2,1-4H3/b6-5+. The summed E-state index contributed by atoms with van der Waals surface area (Å²) in [6.45, 7) is 8.91. The molecule has 0 unspecified atom stereocenters. The van der Waals surface area contributed by atoms with Gasteiger partial charge in [0.15, 0.2) is 8.32 Å². The van der Waals surface area contributed by atoms with E-state index in [1.807, 2.05) is 0 Å². The van der Waals surface area contributed by atoms with Crippen molar-refractivity contribution in [3.63, 3.8) is 0 Å². The summed E-state index contributed by atoms with van der Waals surface area (Å²) >= 11 is 0. The van der Waals surface area contributed by atoms with Gasteiger partial charge in [-0.2, -0.15) is 0 Å². The van der Waals surface area contributed by atoms with E-state index in [0.29, 0.717) is 13.2 Å². The lowest BCUT2D eigenvalue weighted by Gasteiger charge is -2.16. The Morgan fingerprint density at radius 1 is 1.31 bits per heavy atom. The molecular formula is C9H18O3Si. The number of hydrogen-bond acceptors (Lipinski definition) is 3. The van der Waals surface area contributed by atoms with E-state index in [-0.39, 0.29) is 5.97 Å². The highest BCUT2D eigenvalue weighted by atomic mass is 28.4. The van der Waals surface area contributed by atoms with Gasteiger partial charge in [-0.05, 0) is 26.6 Å². The van der Waals surface area contributed by atoms with Crippen LogP contribution in [0.5, 0.6) is 0 Å². The van der Waals surface area contributed by atoms with Crippen molar-refractivity contribution in [2.24, 2.45) is 0 Å². The molecule has 0 rings (SSSR count). The minimum atomic E-state index is -1.46. The van der Waals surface area contributed by atoms with E-state index in [1.165, 1.54) is 6.08 Å². The summed E-state index contributed by atoms with van der Waals surface area (Å²) in [5, 5.41) is 0. The molecule has 0 aliphatic rings. The highest BCUT2D eigenvalue weighted by Gasteiger charge is 2.13. The Morgan fingerprint density at radius 2 is 1.92 bits per heavy atom. The highest BCUT2D eigenvalue weighted by Crippen LogP contribution is 2.01. The normalized spacial score (nSPS) is 12.0. The Balaban J connectivity index is 3.41. The van der Waals surface area contributed by atoms with Crippen molar-refractivity contribution in [3.05, 3.63) is 12.2 Å². The number of carbonyl (C=O) groups is 1. The molecule has 0 saturated heterocycles. The summed E-state index contributed by atoms with van der Waals surface area (Å²) in [5.74, 6) is -0.304. The van der Waals surface area contributed by atoms with Crippen molar-refractivity contribution in [1.82, 2.24) is 0 Å². The number of allylic oxidation sites excluding steroid dienone is 1. The lowest BCUT2D eigenvalue weighted by Crippen LogP contribution is -2.27. The molecule has 13 heavy (non-hydrogen) atoms. The Labute approximate surface area is 80.9 Å². The second-order valence-corrected chi connectivity index (χ2v) is 8.14. The van der Waals surface area contributed by atoms with Crippen LogP contribution >= 0.6 is 0 Å². The molecule has 0 N–H and O–H groups in total. The molecule has 0 aromatic rings. The predicted molar refractivity (Wildman–Crippen MR) is 55.1 cm³/mol. The van der Waals surface area contributed by atoms with E-state index in [9.17, 15) is 4.79 Å². The van der Waals surface area contributed by atoms with E-state index >= 15 is 0 Å². The molecule has 0 amide bonds. The Kier molecular flexibility index (Phi) is 5.66. The van der Waals surface area contributed by atoms with Gasteiger partial charge in [0.25, 0.3) is 0 Å². The van der Waals surface area contributed by atoms with Crippen LogP contribution in [0.2, 0.25) is 19.6 Å². The first kappa shape index (κ1) is 12.4. The molecule has 0 aliphatic carbocycles. The fourth-order valence-corrected chi connectivity index (χ4v) is 1.37. The number of carbonyl (C=O) groups excluding carboxylic acids is 1. The van der Waals surface area contributed by atoms with Crippen molar-refractivity contribution in [2.45, 2.75) is 26.6 Å². The van der Waals surface area contributed by atoms with Crippen molar-refractivity contribution < 1.29 is 14.0 Å². The van der Waals surface area contributed by atoms with Gasteiger partial charge in [0.1, 0.15) is 6.61 Å². The van der Waals surface area contributed by atoms with Gasteiger partial charge in [0, 0.05) is 6.08 Å². The number of ether oxygens (including phenoxy) is 1. The number of rotatable bonds is 5. The smallest absolute Gasteiger partial charge is 0.330 e. The van der Waals surface area contributed by atoms with Crippen LogP contribution in [0.4, 0.5) is 0 Å². The van der Waals surface area contributed by atoms with Gasteiger partial charge in [-0.25, -0.2) is 4.79 Å². The highest BCUT2D eigenvalue weighted by molar-refractivity contribution is 6.69. The van der Waals surface area contributed by atoms with Crippen molar-refractivity contribution in [2.75, 3.05) is 13.2 Å². The third kappa shape index (κ3) is 9.30. The molecule has 0 aliphatic heterocycles. The molecule has 0 bridgehead atoms. The van der Waals surface area contributed by atoms with Crippen LogP contribution in [0.1, 0.15) is 6.92 Å². The second-order valence-electron chi connectivity index (χ2n) is 3.63. The maximum absolute atomic E-state index is 10.8. The zero-order chi connectivity index (χ0) is 10.3. The molecule has 0 aromatic heterocycles. The van der Waals surface area contributed by atoms with E-state index < -0.39 is 8.32 Å². The zero-order valence-corrected chi connectivity index (χ0v) is 9.79. The van der Waals surface area contributed by atoms with Crippen LogP contribution in [0, 0.1) is 0 Å². The fraction of sp³-hybridized carbons (Fsp3) is 0.667. The molecule has 0 spiro atoms. The molecule has 0 saturated carbocycles. The van der Waals surface area contributed by atoms with E-state index in [1.54, 1.807) is 13.0 Å². The third-order valence-electron chi connectivity index (χ3n) is 1.17. The molecule has 76 valence electrons. The van der Waals surface area contributed by atoms with Crippen molar-refractivity contribution in [3.8, 4) is 0 Å². The van der Waals surface area contributed by atoms with Gasteiger partial charge in [0.2, 0.25) is 0 Å². The quantitative estimate of drug-likeness (QED) is 0.296. The summed E-state index contributed by atoms with van der Waals surface area (Å²) in [6, 6.07) is 0. The van der Waals surface area contributed by atoms with Gasteiger partial charge < -0.3 is 9.16 Å². The molecule has 0 radical (unpaired) electrons. The minimum Gasteiger partial charge on any atom is -0.460 e. The summed E-state index contributed by atoms with van der Waals surface area (Å²) in [4.78, 5) is 10.8. The molecule has 4 heteroatoms. The minimum absolute atomic E-state index is 0.304. The SMILES string of the molecule is C/C=C/C(=O)OCCO[Si](C)(C)C. The summed E-state index contributed by atoms with van der Waals surface area (Å²) < 4.78 is 10.3. The molecular weight excluding hydrogens is 184 g/mol. The molecule has 0 heterocycles. The van der Waals surface area contributed by atoms with Gasteiger partial charge in [-0.15, -0.1) is 0 Å². The first-order valence-electron chi connectivity index (χ1n) is 4.39. The van der Waals surface area contributed by atoms with Gasteiger partial charge in [-0.3, -0.25) is 0 Å². The predicted octanol–water partition coefficient (Wildman–Crippen LogP) is 1.96. The van der Waals surface area contributed by atoms with E-state index in [2.05, 4.69) is 19.6 Å². The topological polar surface area (TPSA) is 35.5 Å². The molecule has 0 atom stereocenters. The summed E-state index contributed by atoms with van der Waals surface area (Å²) in [5.41, 5.74) is 0. The van der Waals surface area contributed by atoms with Gasteiger partial charge in [0.05, 0.1) is 6.61 Å². The van der Waals surface area contributed by atoms with Crippen LogP contribution in [0.15, 0.2) is 12.2 Å².